The maximum absolute atomic E-state index is 12.8. The molecule has 7 heteroatoms. The molecule has 25 heavy (non-hydrogen) atoms. The monoisotopic (exact) mass is 354 g/mol. The number of nitrogens with zero attached hydrogens (tertiary/aromatic N) is 1. The van der Waals surface area contributed by atoms with Crippen LogP contribution in [0.1, 0.15) is 16.1 Å². The van der Waals surface area contributed by atoms with Gasteiger partial charge >= 0.3 is 7.60 Å². The van der Waals surface area contributed by atoms with Gasteiger partial charge in [-0.15, -0.1) is 0 Å². The van der Waals surface area contributed by atoms with E-state index >= 15 is 0 Å². The van der Waals surface area contributed by atoms with Crippen molar-refractivity contribution in [3.05, 3.63) is 59.8 Å². The molecule has 0 aliphatic heterocycles. The number of nitrogens with one attached hydrogen (secondary N) is 1. The predicted octanol–water partition coefficient (Wildman–Crippen LogP) is 3.40. The Labute approximate surface area is 144 Å². The lowest BCUT2D eigenvalue weighted by Gasteiger charge is -2.13. The van der Waals surface area contributed by atoms with Crippen molar-refractivity contribution in [2.75, 3.05) is 14.2 Å². The molecule has 3 aromatic rings. The van der Waals surface area contributed by atoms with Gasteiger partial charge in [0.1, 0.15) is 5.69 Å². The third-order valence-electron chi connectivity index (χ3n) is 4.36. The summed E-state index contributed by atoms with van der Waals surface area (Å²) in [6.07, 6.45) is 0. The molecule has 1 aliphatic carbocycles. The molecule has 6 nitrogen and oxygen atoms in total. The molecule has 126 valence electrons. The van der Waals surface area contributed by atoms with Crippen LogP contribution in [0, 0.1) is 0 Å². The Balaban J connectivity index is 1.89. The molecule has 0 bridgehead atoms. The summed E-state index contributed by atoms with van der Waals surface area (Å²) in [5, 5.41) is 6.70. The van der Waals surface area contributed by atoms with Crippen molar-refractivity contribution in [2.45, 2.75) is 0 Å². The zero-order chi connectivity index (χ0) is 17.6. The van der Waals surface area contributed by atoms with Crippen molar-refractivity contribution in [3.63, 3.8) is 0 Å². The Morgan fingerprint density at radius 1 is 0.960 bits per heavy atom. The van der Waals surface area contributed by atoms with E-state index in [1.165, 1.54) is 14.2 Å². The second-order valence-electron chi connectivity index (χ2n) is 5.61. The zero-order valence-corrected chi connectivity index (χ0v) is 14.5. The molecule has 4 rings (SSSR count). The number of hydrogen-bond donors (Lipinski definition) is 1. The normalized spacial score (nSPS) is 13.0. The Bertz CT molecular complexity index is 1020. The van der Waals surface area contributed by atoms with Gasteiger partial charge in [0.25, 0.3) is 0 Å². The fourth-order valence-corrected chi connectivity index (χ4v) is 4.28. The van der Waals surface area contributed by atoms with Crippen LogP contribution in [0.3, 0.4) is 0 Å². The highest BCUT2D eigenvalue weighted by atomic mass is 31.2. The van der Waals surface area contributed by atoms with Crippen molar-refractivity contribution in [1.29, 1.82) is 0 Å². The number of aromatic nitrogens is 2. The smallest absolute Gasteiger partial charge is 0.308 e. The number of carbonyl (C=O) groups is 1. The van der Waals surface area contributed by atoms with Gasteiger partial charge in [-0.3, -0.25) is 14.5 Å². The Morgan fingerprint density at radius 3 is 2.36 bits per heavy atom. The summed E-state index contributed by atoms with van der Waals surface area (Å²) < 4.78 is 22.9. The maximum Gasteiger partial charge on any atom is 0.379 e. The maximum atomic E-state index is 12.8. The second-order valence-corrected chi connectivity index (χ2v) is 7.79. The highest BCUT2D eigenvalue weighted by Crippen LogP contribution is 2.49. The SMILES string of the molecule is COP(=O)(OC)c1[nH]nc2c1-c1ccc(-c3ccccc3)cc1C2=O. The third kappa shape index (κ3) is 2.30. The Morgan fingerprint density at radius 2 is 1.68 bits per heavy atom. The predicted molar refractivity (Wildman–Crippen MR) is 94.2 cm³/mol. The molecule has 0 amide bonds. The molecule has 0 fully saturated rings. The van der Waals surface area contributed by atoms with Crippen molar-refractivity contribution < 1.29 is 18.4 Å². The van der Waals surface area contributed by atoms with Gasteiger partial charge in [-0.05, 0) is 22.8 Å². The van der Waals surface area contributed by atoms with Crippen LogP contribution in [-0.2, 0) is 13.6 Å². The van der Waals surface area contributed by atoms with E-state index in [1.54, 1.807) is 0 Å². The fraction of sp³-hybridized carbons (Fsp3) is 0.111. The first-order valence-corrected chi connectivity index (χ1v) is 9.18. The van der Waals surface area contributed by atoms with Gasteiger partial charge in [0.05, 0.1) is 0 Å². The summed E-state index contributed by atoms with van der Waals surface area (Å²) in [5.74, 6) is -0.205. The lowest BCUT2D eigenvalue weighted by Crippen LogP contribution is -2.11. The average molecular weight is 354 g/mol. The van der Waals surface area contributed by atoms with Crippen molar-refractivity contribution in [2.24, 2.45) is 0 Å². The standard InChI is InChI=1S/C18H15N2O4P/c1-23-25(22,24-2)18-15-13-9-8-12(11-6-4-3-5-7-11)10-14(13)17(21)16(15)19-20-18/h3-10H,1-2H3,(H,19,20). The van der Waals surface area contributed by atoms with Gasteiger partial charge in [0, 0.05) is 25.3 Å². The molecule has 1 heterocycles. The fourth-order valence-electron chi connectivity index (χ4n) is 3.10. The van der Waals surface area contributed by atoms with Gasteiger partial charge < -0.3 is 9.05 Å². The lowest BCUT2D eigenvalue weighted by atomic mass is 9.99. The molecular weight excluding hydrogens is 339 g/mol. The third-order valence-corrected chi connectivity index (χ3v) is 6.19. The molecule has 1 aliphatic rings. The minimum absolute atomic E-state index is 0.201. The number of benzene rings is 2. The van der Waals surface area contributed by atoms with Crippen LogP contribution in [0.4, 0.5) is 0 Å². The molecule has 0 atom stereocenters. The minimum atomic E-state index is -3.55. The summed E-state index contributed by atoms with van der Waals surface area (Å²) in [7, 11) is -0.950. The van der Waals surface area contributed by atoms with Gasteiger partial charge in [-0.2, -0.15) is 5.10 Å². The largest absolute Gasteiger partial charge is 0.379 e. The molecule has 0 radical (unpaired) electrons. The van der Waals surface area contributed by atoms with E-state index in [1.807, 2.05) is 48.5 Å². The number of ketones is 1. The van der Waals surface area contributed by atoms with E-state index in [9.17, 15) is 9.36 Å². The number of aromatic amines is 1. The van der Waals surface area contributed by atoms with Crippen LogP contribution in [0.5, 0.6) is 0 Å². The number of fused-ring (bicyclic) bond motifs is 3. The van der Waals surface area contributed by atoms with Crippen molar-refractivity contribution >= 4 is 18.8 Å². The number of H-pyrrole nitrogens is 1. The average Bonchev–Trinajstić information content (AvgIpc) is 3.22. The first kappa shape index (κ1) is 16.0. The van der Waals surface area contributed by atoms with Crippen LogP contribution in [-0.4, -0.2) is 30.2 Å². The van der Waals surface area contributed by atoms with Crippen molar-refractivity contribution in [1.82, 2.24) is 10.2 Å². The van der Waals surface area contributed by atoms with E-state index in [0.29, 0.717) is 16.7 Å². The molecule has 0 unspecified atom stereocenters. The van der Waals surface area contributed by atoms with E-state index in [2.05, 4.69) is 10.2 Å². The zero-order valence-electron chi connectivity index (χ0n) is 13.6. The summed E-state index contributed by atoms with van der Waals surface area (Å²) >= 11 is 0. The van der Waals surface area contributed by atoms with Crippen LogP contribution < -0.4 is 5.44 Å². The van der Waals surface area contributed by atoms with Gasteiger partial charge in [0.2, 0.25) is 5.78 Å². The molecule has 1 aromatic heterocycles. The summed E-state index contributed by atoms with van der Waals surface area (Å²) in [4.78, 5) is 12.7. The summed E-state index contributed by atoms with van der Waals surface area (Å²) in [5.41, 5.74) is 4.10. The molecule has 1 N–H and O–H groups in total. The lowest BCUT2D eigenvalue weighted by molar-refractivity contribution is 0.103. The van der Waals surface area contributed by atoms with E-state index in [-0.39, 0.29) is 16.9 Å². The molecular formula is C18H15N2O4P. The van der Waals surface area contributed by atoms with Crippen LogP contribution in [0.25, 0.3) is 22.3 Å². The Kier molecular flexibility index (Phi) is 3.69. The first-order valence-electron chi connectivity index (χ1n) is 7.64. The number of hydrogen-bond acceptors (Lipinski definition) is 5. The van der Waals surface area contributed by atoms with Crippen LogP contribution >= 0.6 is 7.60 Å². The molecule has 0 saturated heterocycles. The minimum Gasteiger partial charge on any atom is -0.308 e. The second kappa shape index (κ2) is 5.77. The van der Waals surface area contributed by atoms with Crippen LogP contribution in [0.2, 0.25) is 0 Å². The molecule has 0 spiro atoms. The quantitative estimate of drug-likeness (QED) is 0.568. The van der Waals surface area contributed by atoms with Crippen LogP contribution in [0.15, 0.2) is 48.5 Å². The van der Waals surface area contributed by atoms with E-state index in [4.69, 9.17) is 9.05 Å². The molecule has 2 aromatic carbocycles. The number of rotatable bonds is 4. The number of carbonyl (C=O) groups excluding carboxylic acids is 1. The Hall–Kier alpha value is -2.53. The van der Waals surface area contributed by atoms with E-state index in [0.717, 1.165) is 11.1 Å². The van der Waals surface area contributed by atoms with Gasteiger partial charge in [-0.25, -0.2) is 0 Å². The first-order chi connectivity index (χ1) is 12.1. The van der Waals surface area contributed by atoms with Crippen molar-refractivity contribution in [3.8, 4) is 22.3 Å². The summed E-state index contributed by atoms with van der Waals surface area (Å²) in [6.45, 7) is 0. The topological polar surface area (TPSA) is 81.3 Å². The highest BCUT2D eigenvalue weighted by Gasteiger charge is 2.39. The van der Waals surface area contributed by atoms with Gasteiger partial charge in [0.15, 0.2) is 5.44 Å². The van der Waals surface area contributed by atoms with E-state index < -0.39 is 7.60 Å². The summed E-state index contributed by atoms with van der Waals surface area (Å²) in [6, 6.07) is 15.4. The van der Waals surface area contributed by atoms with Gasteiger partial charge in [-0.1, -0.05) is 42.5 Å². The highest BCUT2D eigenvalue weighted by molar-refractivity contribution is 7.62. The molecule has 0 saturated carbocycles.